The van der Waals surface area contributed by atoms with Crippen LogP contribution in [0.2, 0.25) is 0 Å². The standard InChI is InChI=1S/C15H11F3O3/c1-21-14(20)11-5-10(7-13(19)8-11)9-3-2-4-12(6-9)15(16,17)18/h2-8,19H,1H3. The summed E-state index contributed by atoms with van der Waals surface area (Å²) in [6.45, 7) is 0. The lowest BCUT2D eigenvalue weighted by atomic mass is 10.0. The number of alkyl halides is 3. The number of carbonyl (C=O) groups excluding carboxylic acids is 1. The van der Waals surface area contributed by atoms with Crippen LogP contribution >= 0.6 is 0 Å². The highest BCUT2D eigenvalue weighted by molar-refractivity contribution is 5.91. The molecule has 0 aliphatic heterocycles. The van der Waals surface area contributed by atoms with Gasteiger partial charge in [0.15, 0.2) is 0 Å². The normalized spacial score (nSPS) is 11.2. The predicted molar refractivity (Wildman–Crippen MR) is 69.9 cm³/mol. The van der Waals surface area contributed by atoms with Gasteiger partial charge in [-0.25, -0.2) is 4.79 Å². The molecule has 6 heteroatoms. The molecule has 0 unspecified atom stereocenters. The van der Waals surface area contributed by atoms with Crippen molar-refractivity contribution in [2.24, 2.45) is 0 Å². The maximum absolute atomic E-state index is 12.7. The molecule has 0 radical (unpaired) electrons. The fourth-order valence-corrected chi connectivity index (χ4v) is 1.89. The topological polar surface area (TPSA) is 46.5 Å². The Kier molecular flexibility index (Phi) is 3.88. The number of phenolic OH excluding ortho intramolecular Hbond substituents is 1. The molecule has 3 nitrogen and oxygen atoms in total. The zero-order chi connectivity index (χ0) is 15.6. The lowest BCUT2D eigenvalue weighted by Gasteiger charge is -2.10. The Morgan fingerprint density at radius 1 is 1.10 bits per heavy atom. The summed E-state index contributed by atoms with van der Waals surface area (Å²) in [7, 11) is 1.18. The number of hydrogen-bond acceptors (Lipinski definition) is 3. The van der Waals surface area contributed by atoms with Gasteiger partial charge in [-0.15, -0.1) is 0 Å². The summed E-state index contributed by atoms with van der Waals surface area (Å²) in [5, 5.41) is 9.60. The highest BCUT2D eigenvalue weighted by Gasteiger charge is 2.30. The van der Waals surface area contributed by atoms with Crippen molar-refractivity contribution >= 4 is 5.97 Å². The molecule has 0 aromatic heterocycles. The van der Waals surface area contributed by atoms with E-state index in [4.69, 9.17) is 0 Å². The van der Waals surface area contributed by atoms with E-state index in [9.17, 15) is 23.1 Å². The maximum Gasteiger partial charge on any atom is 0.416 e. The summed E-state index contributed by atoms with van der Waals surface area (Å²) in [5.41, 5.74) is -0.208. The van der Waals surface area contributed by atoms with E-state index >= 15 is 0 Å². The third-order valence-electron chi connectivity index (χ3n) is 2.86. The van der Waals surface area contributed by atoms with Crippen molar-refractivity contribution in [3.8, 4) is 16.9 Å². The summed E-state index contributed by atoms with van der Waals surface area (Å²) in [6, 6.07) is 8.46. The molecule has 1 N–H and O–H groups in total. The first-order valence-electron chi connectivity index (χ1n) is 5.91. The Bertz CT molecular complexity index is 678. The third kappa shape index (κ3) is 3.34. The van der Waals surface area contributed by atoms with E-state index in [0.717, 1.165) is 12.1 Å². The van der Waals surface area contributed by atoms with Gasteiger partial charge in [0.1, 0.15) is 5.75 Å². The molecule has 0 bridgehead atoms. The Morgan fingerprint density at radius 2 is 1.81 bits per heavy atom. The SMILES string of the molecule is COC(=O)c1cc(O)cc(-c2cccc(C(F)(F)F)c2)c1. The van der Waals surface area contributed by atoms with Gasteiger partial charge in [0.05, 0.1) is 18.2 Å². The minimum absolute atomic E-state index is 0.0601. The van der Waals surface area contributed by atoms with Crippen LogP contribution in [0.3, 0.4) is 0 Å². The second-order valence-electron chi connectivity index (χ2n) is 4.34. The Labute approximate surface area is 118 Å². The fraction of sp³-hybridized carbons (Fsp3) is 0.133. The molecule has 0 atom stereocenters. The molecule has 2 aromatic carbocycles. The van der Waals surface area contributed by atoms with E-state index < -0.39 is 17.7 Å². The number of rotatable bonds is 2. The summed E-state index contributed by atoms with van der Waals surface area (Å²) >= 11 is 0. The first kappa shape index (κ1) is 14.9. The van der Waals surface area contributed by atoms with Crippen molar-refractivity contribution in [3.63, 3.8) is 0 Å². The lowest BCUT2D eigenvalue weighted by Crippen LogP contribution is -2.04. The number of ether oxygens (including phenoxy) is 1. The molecule has 0 heterocycles. The molecule has 0 aliphatic carbocycles. The first-order valence-corrected chi connectivity index (χ1v) is 5.91. The zero-order valence-electron chi connectivity index (χ0n) is 10.9. The van der Waals surface area contributed by atoms with E-state index in [2.05, 4.69) is 4.74 Å². The number of halogens is 3. The molecule has 21 heavy (non-hydrogen) atoms. The van der Waals surface area contributed by atoms with E-state index in [1.807, 2.05) is 0 Å². The molecule has 2 rings (SSSR count). The van der Waals surface area contributed by atoms with Crippen LogP contribution in [0, 0.1) is 0 Å². The van der Waals surface area contributed by atoms with Gasteiger partial charge in [-0.2, -0.15) is 13.2 Å². The Hall–Kier alpha value is -2.50. The fourth-order valence-electron chi connectivity index (χ4n) is 1.89. The minimum Gasteiger partial charge on any atom is -0.508 e. The molecular formula is C15H11F3O3. The minimum atomic E-state index is -4.46. The van der Waals surface area contributed by atoms with E-state index in [1.165, 1.54) is 37.4 Å². The molecule has 0 saturated carbocycles. The molecule has 0 amide bonds. The average Bonchev–Trinajstić information content (AvgIpc) is 2.45. The van der Waals surface area contributed by atoms with Gasteiger partial charge < -0.3 is 9.84 Å². The monoisotopic (exact) mass is 296 g/mol. The van der Waals surface area contributed by atoms with Crippen molar-refractivity contribution in [3.05, 3.63) is 53.6 Å². The van der Waals surface area contributed by atoms with Crippen LogP contribution < -0.4 is 0 Å². The molecular weight excluding hydrogens is 285 g/mol. The summed E-state index contributed by atoms with van der Waals surface area (Å²) < 4.78 is 42.6. The number of esters is 1. The van der Waals surface area contributed by atoms with E-state index in [1.54, 1.807) is 0 Å². The van der Waals surface area contributed by atoms with Gasteiger partial charge in [-0.3, -0.25) is 0 Å². The highest BCUT2D eigenvalue weighted by atomic mass is 19.4. The first-order chi connectivity index (χ1) is 9.81. The maximum atomic E-state index is 12.7. The smallest absolute Gasteiger partial charge is 0.416 e. The van der Waals surface area contributed by atoms with Gasteiger partial charge in [0.25, 0.3) is 0 Å². The van der Waals surface area contributed by atoms with Gasteiger partial charge in [0, 0.05) is 0 Å². The number of phenols is 1. The average molecular weight is 296 g/mol. The number of aromatic hydroxyl groups is 1. The van der Waals surface area contributed by atoms with E-state index in [0.29, 0.717) is 5.56 Å². The Morgan fingerprint density at radius 3 is 2.43 bits per heavy atom. The molecule has 110 valence electrons. The Balaban J connectivity index is 2.52. The quantitative estimate of drug-likeness (QED) is 0.856. The van der Waals surface area contributed by atoms with Crippen molar-refractivity contribution in [2.45, 2.75) is 6.18 Å². The lowest BCUT2D eigenvalue weighted by molar-refractivity contribution is -0.137. The summed E-state index contributed by atoms with van der Waals surface area (Å²) in [6.07, 6.45) is -4.46. The third-order valence-corrected chi connectivity index (χ3v) is 2.86. The number of hydrogen-bond donors (Lipinski definition) is 1. The summed E-state index contributed by atoms with van der Waals surface area (Å²) in [5.74, 6) is -0.913. The van der Waals surface area contributed by atoms with Crippen LogP contribution in [-0.2, 0) is 10.9 Å². The number of carbonyl (C=O) groups is 1. The molecule has 0 fully saturated rings. The van der Waals surface area contributed by atoms with E-state index in [-0.39, 0.29) is 16.9 Å². The second-order valence-corrected chi connectivity index (χ2v) is 4.34. The van der Waals surface area contributed by atoms with Gasteiger partial charge in [-0.05, 0) is 41.5 Å². The molecule has 0 spiro atoms. The van der Waals surface area contributed by atoms with Crippen molar-refractivity contribution in [2.75, 3.05) is 7.11 Å². The summed E-state index contributed by atoms with van der Waals surface area (Å²) in [4.78, 5) is 11.5. The van der Waals surface area contributed by atoms with Gasteiger partial charge >= 0.3 is 12.1 Å². The van der Waals surface area contributed by atoms with Crippen LogP contribution in [0.25, 0.3) is 11.1 Å². The zero-order valence-corrected chi connectivity index (χ0v) is 10.9. The van der Waals surface area contributed by atoms with Crippen molar-refractivity contribution in [1.82, 2.24) is 0 Å². The number of benzene rings is 2. The van der Waals surface area contributed by atoms with Crippen molar-refractivity contribution < 1.29 is 27.8 Å². The predicted octanol–water partition coefficient (Wildman–Crippen LogP) is 3.86. The highest BCUT2D eigenvalue weighted by Crippen LogP contribution is 2.33. The van der Waals surface area contributed by atoms with Gasteiger partial charge in [0.2, 0.25) is 0 Å². The van der Waals surface area contributed by atoms with Gasteiger partial charge in [-0.1, -0.05) is 12.1 Å². The van der Waals surface area contributed by atoms with Crippen LogP contribution in [0.1, 0.15) is 15.9 Å². The van der Waals surface area contributed by atoms with Crippen molar-refractivity contribution in [1.29, 1.82) is 0 Å². The number of methoxy groups -OCH3 is 1. The van der Waals surface area contributed by atoms with Crippen LogP contribution in [0.4, 0.5) is 13.2 Å². The second kappa shape index (κ2) is 5.47. The van der Waals surface area contributed by atoms with Crippen LogP contribution in [-0.4, -0.2) is 18.2 Å². The van der Waals surface area contributed by atoms with Crippen LogP contribution in [0.15, 0.2) is 42.5 Å². The largest absolute Gasteiger partial charge is 0.508 e. The molecule has 0 aliphatic rings. The molecule has 2 aromatic rings. The van der Waals surface area contributed by atoms with Crippen LogP contribution in [0.5, 0.6) is 5.75 Å². The molecule has 0 saturated heterocycles.